The molecule has 0 amide bonds. The van der Waals surface area contributed by atoms with Gasteiger partial charge in [0.1, 0.15) is 0 Å². The van der Waals surface area contributed by atoms with E-state index in [9.17, 15) is 0 Å². The molecule has 0 N–H and O–H groups in total. The Balaban J connectivity index is 4.77. The lowest BCUT2D eigenvalue weighted by Gasteiger charge is -2.42. The van der Waals surface area contributed by atoms with Gasteiger partial charge in [-0.05, 0) is 46.7 Å². The molecule has 0 rings (SSSR count). The Labute approximate surface area is 116 Å². The highest BCUT2D eigenvalue weighted by Gasteiger charge is 2.42. The van der Waals surface area contributed by atoms with Crippen LogP contribution < -0.4 is 0 Å². The average Bonchev–Trinajstić information content (AvgIpc) is 2.14. The van der Waals surface area contributed by atoms with Crippen LogP contribution in [0.3, 0.4) is 0 Å². The fourth-order valence-electron chi connectivity index (χ4n) is 1.58. The lowest BCUT2D eigenvalue weighted by atomic mass is 10.00. The maximum atomic E-state index is 6.57. The third-order valence-electron chi connectivity index (χ3n) is 3.92. The van der Waals surface area contributed by atoms with Crippen molar-refractivity contribution in [1.29, 1.82) is 0 Å². The van der Waals surface area contributed by atoms with Crippen molar-refractivity contribution in [3.8, 4) is 0 Å². The van der Waals surface area contributed by atoms with Crippen molar-refractivity contribution in [3.05, 3.63) is 24.3 Å². The van der Waals surface area contributed by atoms with Crippen molar-refractivity contribution in [2.45, 2.75) is 71.9 Å². The van der Waals surface area contributed by atoms with E-state index in [4.69, 9.17) is 4.43 Å². The summed E-state index contributed by atoms with van der Waals surface area (Å²) in [5.74, 6) is 0. The Hall–Kier alpha value is -0.126. The number of allylic oxidation sites excluding steroid dienone is 2. The summed E-state index contributed by atoms with van der Waals surface area (Å²) in [5, 5.41) is 0. The van der Waals surface area contributed by atoms with Crippen LogP contribution in [-0.4, -0.2) is 21.0 Å². The first-order valence-corrected chi connectivity index (χ1v) is 14.3. The summed E-state index contributed by atoms with van der Waals surface area (Å²) >= 11 is 0. The molecule has 0 saturated carbocycles. The van der Waals surface area contributed by atoms with Gasteiger partial charge in [0.05, 0.1) is 13.2 Å². The van der Waals surface area contributed by atoms with E-state index >= 15 is 0 Å². The molecule has 0 aromatic carbocycles. The highest BCUT2D eigenvalue weighted by Crippen LogP contribution is 2.29. The Kier molecular flexibility index (Phi) is 6.31. The number of rotatable bonds is 7. The summed E-state index contributed by atoms with van der Waals surface area (Å²) in [4.78, 5) is 0. The first-order chi connectivity index (χ1) is 7.93. The zero-order valence-corrected chi connectivity index (χ0v) is 15.7. The first-order valence-electron chi connectivity index (χ1n) is 6.91. The molecule has 0 heterocycles. The predicted molar refractivity (Wildman–Crippen MR) is 89.2 cm³/mol. The van der Waals surface area contributed by atoms with Gasteiger partial charge in [0, 0.05) is 0 Å². The van der Waals surface area contributed by atoms with Gasteiger partial charge in [-0.2, -0.15) is 0 Å². The summed E-state index contributed by atoms with van der Waals surface area (Å²) in [6, 6.07) is 0. The Morgan fingerprint density at radius 1 is 1.17 bits per heavy atom. The molecule has 0 fully saturated rings. The molecular formula is C15H32OSi2. The van der Waals surface area contributed by atoms with Gasteiger partial charge in [0.15, 0.2) is 7.83 Å². The summed E-state index contributed by atoms with van der Waals surface area (Å²) in [5.41, 5.74) is 1.21. The molecule has 18 heavy (non-hydrogen) atoms. The fraction of sp³-hybridized carbons (Fsp3) is 0.733. The molecule has 1 nitrogen and oxygen atoms in total. The SMILES string of the molecule is C=CC(C)(CCC=C(C)C)O[Si](C)(C)[Si](C)(C)C. The molecule has 0 saturated heterocycles. The second-order valence-electron chi connectivity index (χ2n) is 7.20. The van der Waals surface area contributed by atoms with Gasteiger partial charge in [-0.15, -0.1) is 6.58 Å². The van der Waals surface area contributed by atoms with Crippen molar-refractivity contribution in [2.24, 2.45) is 0 Å². The van der Waals surface area contributed by atoms with Gasteiger partial charge >= 0.3 is 0 Å². The first kappa shape index (κ1) is 17.9. The Bertz CT molecular complexity index is 309. The second kappa shape index (κ2) is 6.35. The minimum absolute atomic E-state index is 0.165. The molecule has 0 aromatic heterocycles. The van der Waals surface area contributed by atoms with Crippen molar-refractivity contribution in [2.75, 3.05) is 0 Å². The van der Waals surface area contributed by atoms with E-state index < -0.39 is 15.4 Å². The molecule has 0 bridgehead atoms. The van der Waals surface area contributed by atoms with Crippen LogP contribution in [0.15, 0.2) is 24.3 Å². The van der Waals surface area contributed by atoms with E-state index in [1.165, 1.54) is 5.57 Å². The van der Waals surface area contributed by atoms with Gasteiger partial charge in [-0.1, -0.05) is 37.4 Å². The van der Waals surface area contributed by atoms with Crippen LogP contribution in [-0.2, 0) is 4.43 Å². The third-order valence-corrected chi connectivity index (χ3v) is 19.7. The molecule has 1 unspecified atom stereocenters. The van der Waals surface area contributed by atoms with Crippen LogP contribution in [0.1, 0.15) is 33.6 Å². The van der Waals surface area contributed by atoms with Crippen LogP contribution in [0.5, 0.6) is 0 Å². The molecule has 0 spiro atoms. The molecule has 106 valence electrons. The standard InChI is InChI=1S/C15H32OSi2/c1-10-15(4,13-11-12-14(2)3)16-18(8,9)17(5,6)7/h10,12H,1,11,13H2,2-9H3. The van der Waals surface area contributed by atoms with Gasteiger partial charge in [-0.25, -0.2) is 0 Å². The number of hydrogen-bond donors (Lipinski definition) is 0. The van der Waals surface area contributed by atoms with Gasteiger partial charge in [0.2, 0.25) is 0 Å². The average molecular weight is 285 g/mol. The quantitative estimate of drug-likeness (QED) is 0.454. The molecule has 0 aliphatic carbocycles. The van der Waals surface area contributed by atoms with Crippen molar-refractivity contribution in [1.82, 2.24) is 0 Å². The van der Waals surface area contributed by atoms with E-state index in [0.717, 1.165) is 12.8 Å². The predicted octanol–water partition coefficient (Wildman–Crippen LogP) is 5.32. The summed E-state index contributed by atoms with van der Waals surface area (Å²) in [6.45, 7) is 22.4. The Morgan fingerprint density at radius 2 is 1.67 bits per heavy atom. The lowest BCUT2D eigenvalue weighted by Crippen LogP contribution is -2.58. The highest BCUT2D eigenvalue weighted by atomic mass is 29.3. The Morgan fingerprint density at radius 3 is 2.00 bits per heavy atom. The fourth-order valence-corrected chi connectivity index (χ4v) is 4.85. The molecule has 0 aliphatic rings. The van der Waals surface area contributed by atoms with Crippen LogP contribution in [0.4, 0.5) is 0 Å². The molecule has 1 atom stereocenters. The maximum absolute atomic E-state index is 6.57. The number of hydrogen-bond acceptors (Lipinski definition) is 1. The largest absolute Gasteiger partial charge is 0.411 e. The van der Waals surface area contributed by atoms with Gasteiger partial charge in [-0.3, -0.25) is 0 Å². The van der Waals surface area contributed by atoms with Crippen LogP contribution >= 0.6 is 0 Å². The molecule has 3 heteroatoms. The second-order valence-corrected chi connectivity index (χ2v) is 23.0. The van der Waals surface area contributed by atoms with Crippen LogP contribution in [0.25, 0.3) is 0 Å². The van der Waals surface area contributed by atoms with Gasteiger partial charge < -0.3 is 4.43 Å². The van der Waals surface area contributed by atoms with E-state index in [1.54, 1.807) is 0 Å². The smallest absolute Gasteiger partial charge is 0.174 e. The van der Waals surface area contributed by atoms with Crippen LogP contribution in [0.2, 0.25) is 32.7 Å². The normalized spacial score (nSPS) is 16.0. The summed E-state index contributed by atoms with van der Waals surface area (Å²) in [6.07, 6.45) is 6.39. The minimum Gasteiger partial charge on any atom is -0.411 e. The molecule has 0 radical (unpaired) electrons. The van der Waals surface area contributed by atoms with Crippen molar-refractivity contribution >= 4 is 15.4 Å². The van der Waals surface area contributed by atoms with Crippen molar-refractivity contribution in [3.63, 3.8) is 0 Å². The topological polar surface area (TPSA) is 9.23 Å². The summed E-state index contributed by atoms with van der Waals surface area (Å²) in [7, 11) is -2.81. The van der Waals surface area contributed by atoms with E-state index in [0.29, 0.717) is 0 Å². The van der Waals surface area contributed by atoms with Gasteiger partial charge in [0.25, 0.3) is 0 Å². The highest BCUT2D eigenvalue weighted by molar-refractivity contribution is 7.37. The zero-order valence-electron chi connectivity index (χ0n) is 13.7. The molecular weight excluding hydrogens is 252 g/mol. The van der Waals surface area contributed by atoms with Crippen molar-refractivity contribution < 1.29 is 4.43 Å². The maximum Gasteiger partial charge on any atom is 0.174 e. The van der Waals surface area contributed by atoms with E-state index in [1.807, 2.05) is 6.08 Å². The molecule has 0 aromatic rings. The minimum atomic E-state index is -1.59. The van der Waals surface area contributed by atoms with Crippen LogP contribution in [0, 0.1) is 0 Å². The summed E-state index contributed by atoms with van der Waals surface area (Å²) < 4.78 is 6.57. The lowest BCUT2D eigenvalue weighted by molar-refractivity contribution is 0.128. The monoisotopic (exact) mass is 284 g/mol. The van der Waals surface area contributed by atoms with E-state index in [2.05, 4.69) is 66.2 Å². The molecule has 0 aliphatic heterocycles. The van der Waals surface area contributed by atoms with E-state index in [-0.39, 0.29) is 5.60 Å². The third kappa shape index (κ3) is 5.68. The zero-order chi connectivity index (χ0) is 14.6.